The summed E-state index contributed by atoms with van der Waals surface area (Å²) in [6, 6.07) is 8.32. The second-order valence-electron chi connectivity index (χ2n) is 4.97. The van der Waals surface area contributed by atoms with Crippen LogP contribution in [-0.4, -0.2) is 11.8 Å². The highest BCUT2D eigenvalue weighted by Crippen LogP contribution is 2.30. The molecule has 0 heterocycles. The molecule has 0 bridgehead atoms. The van der Waals surface area contributed by atoms with E-state index in [9.17, 15) is 22.8 Å². The molecule has 0 saturated carbocycles. The van der Waals surface area contributed by atoms with Gasteiger partial charge in [0.25, 0.3) is 0 Å². The van der Waals surface area contributed by atoms with E-state index in [0.29, 0.717) is 10.7 Å². The Morgan fingerprint density at radius 3 is 2.08 bits per heavy atom. The lowest BCUT2D eigenvalue weighted by Gasteiger charge is -2.10. The van der Waals surface area contributed by atoms with Gasteiger partial charge in [-0.25, -0.2) is 0 Å². The summed E-state index contributed by atoms with van der Waals surface area (Å²) >= 11 is 11.6. The largest absolute Gasteiger partial charge is 0.416 e. The monoisotopic (exact) mass is 390 g/mol. The van der Waals surface area contributed by atoms with E-state index >= 15 is 0 Å². The number of carbonyl (C=O) groups excluding carboxylic acids is 2. The number of carbonyl (C=O) groups is 2. The standard InChI is InChI=1S/C16H11Cl2F3N2O2/c17-10-3-6-13(12(18)7-10)23-15(25)8-14(24)22-11-4-1-9(2-5-11)16(19,20)21/h1-7H,8H2,(H,22,24)(H,23,25). The van der Waals surface area contributed by atoms with Crippen molar-refractivity contribution in [1.29, 1.82) is 0 Å². The summed E-state index contributed by atoms with van der Waals surface area (Å²) < 4.78 is 37.4. The minimum Gasteiger partial charge on any atom is -0.326 e. The number of rotatable bonds is 4. The Morgan fingerprint density at radius 1 is 0.920 bits per heavy atom. The molecule has 25 heavy (non-hydrogen) atoms. The maximum absolute atomic E-state index is 12.5. The van der Waals surface area contributed by atoms with Gasteiger partial charge < -0.3 is 10.6 Å². The summed E-state index contributed by atoms with van der Waals surface area (Å²) in [5, 5.41) is 5.39. The van der Waals surface area contributed by atoms with Gasteiger partial charge >= 0.3 is 6.18 Å². The van der Waals surface area contributed by atoms with Crippen LogP contribution >= 0.6 is 23.2 Å². The van der Waals surface area contributed by atoms with E-state index in [4.69, 9.17) is 23.2 Å². The minimum atomic E-state index is -4.46. The van der Waals surface area contributed by atoms with Crippen molar-refractivity contribution in [1.82, 2.24) is 0 Å². The van der Waals surface area contributed by atoms with Crippen molar-refractivity contribution < 1.29 is 22.8 Å². The van der Waals surface area contributed by atoms with Crippen LogP contribution in [0.1, 0.15) is 12.0 Å². The van der Waals surface area contributed by atoms with Crippen molar-refractivity contribution in [2.45, 2.75) is 12.6 Å². The third-order valence-corrected chi connectivity index (χ3v) is 3.57. The third kappa shape index (κ3) is 5.65. The predicted octanol–water partition coefficient (Wildman–Crippen LogP) is 4.98. The normalized spacial score (nSPS) is 11.1. The van der Waals surface area contributed by atoms with Crippen LogP contribution in [-0.2, 0) is 15.8 Å². The van der Waals surface area contributed by atoms with Crippen LogP contribution in [0.25, 0.3) is 0 Å². The second kappa shape index (κ2) is 7.76. The van der Waals surface area contributed by atoms with Crippen LogP contribution in [0.2, 0.25) is 10.0 Å². The van der Waals surface area contributed by atoms with Crippen molar-refractivity contribution in [3.63, 3.8) is 0 Å². The van der Waals surface area contributed by atoms with Crippen LogP contribution in [0.3, 0.4) is 0 Å². The molecule has 0 spiro atoms. The summed E-state index contributed by atoms with van der Waals surface area (Å²) in [6.07, 6.45) is -4.99. The smallest absolute Gasteiger partial charge is 0.326 e. The Morgan fingerprint density at radius 2 is 1.52 bits per heavy atom. The molecule has 0 aromatic heterocycles. The van der Waals surface area contributed by atoms with E-state index in [1.54, 1.807) is 0 Å². The first kappa shape index (κ1) is 19.1. The molecule has 0 fully saturated rings. The fraction of sp³-hybridized carbons (Fsp3) is 0.125. The molecule has 0 aliphatic heterocycles. The number of nitrogens with one attached hydrogen (secondary N) is 2. The zero-order valence-electron chi connectivity index (χ0n) is 12.5. The SMILES string of the molecule is O=C(CC(=O)Nc1ccc(Cl)cc1Cl)Nc1ccc(C(F)(F)F)cc1. The van der Waals surface area contributed by atoms with E-state index in [1.807, 2.05) is 0 Å². The highest BCUT2D eigenvalue weighted by atomic mass is 35.5. The van der Waals surface area contributed by atoms with Crippen molar-refractivity contribution in [2.75, 3.05) is 10.6 Å². The topological polar surface area (TPSA) is 58.2 Å². The Labute approximate surface area is 150 Å². The van der Waals surface area contributed by atoms with Gasteiger partial charge in [-0.3, -0.25) is 9.59 Å². The molecule has 2 N–H and O–H groups in total. The minimum absolute atomic E-state index is 0.148. The molecule has 2 aromatic carbocycles. The van der Waals surface area contributed by atoms with Gasteiger partial charge in [-0.05, 0) is 42.5 Å². The first-order chi connectivity index (χ1) is 11.6. The van der Waals surface area contributed by atoms with Gasteiger partial charge in [0.05, 0.1) is 16.3 Å². The lowest BCUT2D eigenvalue weighted by atomic mass is 10.2. The lowest BCUT2D eigenvalue weighted by molar-refractivity contribution is -0.137. The number of halogens is 5. The number of amides is 2. The molecule has 0 aliphatic carbocycles. The van der Waals surface area contributed by atoms with E-state index in [2.05, 4.69) is 10.6 Å². The molecular formula is C16H11Cl2F3N2O2. The van der Waals surface area contributed by atoms with E-state index in [1.165, 1.54) is 18.2 Å². The molecule has 132 valence electrons. The van der Waals surface area contributed by atoms with Crippen LogP contribution in [0.4, 0.5) is 24.5 Å². The quantitative estimate of drug-likeness (QED) is 0.723. The molecule has 0 unspecified atom stereocenters. The molecule has 0 radical (unpaired) electrons. The Bertz CT molecular complexity index is 793. The van der Waals surface area contributed by atoms with Crippen LogP contribution < -0.4 is 10.6 Å². The molecule has 2 rings (SSSR count). The predicted molar refractivity (Wildman–Crippen MR) is 89.8 cm³/mol. The lowest BCUT2D eigenvalue weighted by Crippen LogP contribution is -2.21. The Balaban J connectivity index is 1.92. The number of alkyl halides is 3. The van der Waals surface area contributed by atoms with Gasteiger partial charge in [0.15, 0.2) is 0 Å². The summed E-state index contributed by atoms with van der Waals surface area (Å²) in [5.74, 6) is -1.31. The Hall–Kier alpha value is -2.25. The molecular weight excluding hydrogens is 380 g/mol. The molecule has 0 atom stereocenters. The van der Waals surface area contributed by atoms with E-state index in [-0.39, 0.29) is 10.7 Å². The maximum Gasteiger partial charge on any atom is 0.416 e. The summed E-state index contributed by atoms with van der Waals surface area (Å²) in [5.41, 5.74) is -0.394. The molecule has 2 amide bonds. The molecule has 0 saturated heterocycles. The average Bonchev–Trinajstić information content (AvgIpc) is 2.49. The average molecular weight is 391 g/mol. The van der Waals surface area contributed by atoms with Gasteiger partial charge in [-0.1, -0.05) is 23.2 Å². The van der Waals surface area contributed by atoms with Crippen LogP contribution in [0.5, 0.6) is 0 Å². The fourth-order valence-electron chi connectivity index (χ4n) is 1.88. The molecule has 9 heteroatoms. The zero-order valence-corrected chi connectivity index (χ0v) is 14.0. The van der Waals surface area contributed by atoms with Gasteiger partial charge in [0.1, 0.15) is 6.42 Å². The zero-order chi connectivity index (χ0) is 18.6. The van der Waals surface area contributed by atoms with Crippen LogP contribution in [0.15, 0.2) is 42.5 Å². The fourth-order valence-corrected chi connectivity index (χ4v) is 2.33. The number of benzene rings is 2. The van der Waals surface area contributed by atoms with Gasteiger partial charge in [0.2, 0.25) is 11.8 Å². The molecule has 0 aliphatic rings. The first-order valence-electron chi connectivity index (χ1n) is 6.87. The van der Waals surface area contributed by atoms with E-state index < -0.39 is 30.0 Å². The number of hydrogen-bond donors (Lipinski definition) is 2. The second-order valence-corrected chi connectivity index (χ2v) is 5.82. The summed E-state index contributed by atoms with van der Waals surface area (Å²) in [6.45, 7) is 0. The van der Waals surface area contributed by atoms with E-state index in [0.717, 1.165) is 24.3 Å². The maximum atomic E-state index is 12.5. The van der Waals surface area contributed by atoms with Crippen molar-refractivity contribution in [2.24, 2.45) is 0 Å². The summed E-state index contributed by atoms with van der Waals surface area (Å²) in [4.78, 5) is 23.6. The van der Waals surface area contributed by atoms with Crippen molar-refractivity contribution in [3.8, 4) is 0 Å². The van der Waals surface area contributed by atoms with Gasteiger partial charge in [-0.2, -0.15) is 13.2 Å². The Kier molecular flexibility index (Phi) is 5.92. The highest BCUT2D eigenvalue weighted by molar-refractivity contribution is 6.36. The number of hydrogen-bond acceptors (Lipinski definition) is 2. The third-order valence-electron chi connectivity index (χ3n) is 3.02. The first-order valence-corrected chi connectivity index (χ1v) is 7.63. The van der Waals surface area contributed by atoms with Gasteiger partial charge in [0, 0.05) is 10.7 Å². The summed E-state index contributed by atoms with van der Waals surface area (Å²) in [7, 11) is 0. The number of anilines is 2. The van der Waals surface area contributed by atoms with Gasteiger partial charge in [-0.15, -0.1) is 0 Å². The molecule has 4 nitrogen and oxygen atoms in total. The highest BCUT2D eigenvalue weighted by Gasteiger charge is 2.30. The van der Waals surface area contributed by atoms with Crippen LogP contribution in [0, 0.1) is 0 Å². The van der Waals surface area contributed by atoms with Crippen molar-refractivity contribution in [3.05, 3.63) is 58.1 Å². The molecule has 2 aromatic rings. The van der Waals surface area contributed by atoms with Crippen molar-refractivity contribution >= 4 is 46.4 Å².